The molecule has 0 bridgehead atoms. The second kappa shape index (κ2) is 5.38. The van der Waals surface area contributed by atoms with Crippen LogP contribution in [-0.2, 0) is 9.84 Å². The molecular formula is C11H15BrN2O2S2. The van der Waals surface area contributed by atoms with Crippen LogP contribution in [0.3, 0.4) is 0 Å². The third-order valence-electron chi connectivity index (χ3n) is 2.87. The van der Waals surface area contributed by atoms with Crippen molar-refractivity contribution in [2.75, 3.05) is 29.2 Å². The number of sulfone groups is 1. The normalized spacial score (nSPS) is 21.1. The first-order valence-electron chi connectivity index (χ1n) is 5.55. The number of anilines is 1. The van der Waals surface area contributed by atoms with Crippen molar-refractivity contribution in [2.24, 2.45) is 0 Å². The van der Waals surface area contributed by atoms with Gasteiger partial charge in [0, 0.05) is 35.0 Å². The van der Waals surface area contributed by atoms with E-state index in [9.17, 15) is 8.42 Å². The molecular weight excluding hydrogens is 336 g/mol. The minimum Gasteiger partial charge on any atom is -0.338 e. The van der Waals surface area contributed by atoms with E-state index in [1.165, 1.54) is 6.26 Å². The lowest BCUT2D eigenvalue weighted by atomic mass is 10.2. The van der Waals surface area contributed by atoms with Crippen molar-refractivity contribution in [3.05, 3.63) is 22.3 Å². The summed E-state index contributed by atoms with van der Waals surface area (Å²) in [5.41, 5.74) is 0.991. The van der Waals surface area contributed by atoms with Gasteiger partial charge in [-0.05, 0) is 34.5 Å². The van der Waals surface area contributed by atoms with Crippen molar-refractivity contribution in [1.82, 2.24) is 4.98 Å². The van der Waals surface area contributed by atoms with Crippen molar-refractivity contribution in [3.63, 3.8) is 0 Å². The average molecular weight is 351 g/mol. The number of hydrogen-bond acceptors (Lipinski definition) is 5. The van der Waals surface area contributed by atoms with Crippen LogP contribution in [0.1, 0.15) is 5.56 Å². The van der Waals surface area contributed by atoms with Gasteiger partial charge in [-0.1, -0.05) is 0 Å². The Labute approximate surface area is 120 Å². The predicted molar refractivity (Wildman–Crippen MR) is 80.0 cm³/mol. The van der Waals surface area contributed by atoms with Crippen LogP contribution in [0.25, 0.3) is 0 Å². The summed E-state index contributed by atoms with van der Waals surface area (Å²) in [6.07, 6.45) is 3.01. The van der Waals surface area contributed by atoms with Gasteiger partial charge < -0.3 is 4.90 Å². The first-order valence-corrected chi connectivity index (χ1v) is 9.45. The molecule has 1 aromatic heterocycles. The smallest absolute Gasteiger partial charge is 0.169 e. The minimum absolute atomic E-state index is 0.469. The molecule has 1 aromatic rings. The van der Waals surface area contributed by atoms with E-state index >= 15 is 0 Å². The summed E-state index contributed by atoms with van der Waals surface area (Å²) in [7, 11) is -3.10. The van der Waals surface area contributed by atoms with Gasteiger partial charge >= 0.3 is 0 Å². The molecule has 1 aliphatic rings. The largest absolute Gasteiger partial charge is 0.338 e. The highest BCUT2D eigenvalue weighted by molar-refractivity contribution is 9.10. The lowest BCUT2D eigenvalue weighted by Crippen LogP contribution is -2.47. The predicted octanol–water partition coefficient (Wildman–Crippen LogP) is 2.08. The third kappa shape index (κ3) is 3.00. The summed E-state index contributed by atoms with van der Waals surface area (Å²) in [6.45, 7) is 2.67. The minimum atomic E-state index is -3.10. The van der Waals surface area contributed by atoms with Gasteiger partial charge in [0.2, 0.25) is 0 Å². The van der Waals surface area contributed by atoms with Crippen molar-refractivity contribution in [1.29, 1.82) is 0 Å². The van der Waals surface area contributed by atoms with Crippen molar-refractivity contribution < 1.29 is 8.42 Å². The maximum absolute atomic E-state index is 11.9. The Bertz CT molecular complexity index is 548. The second-order valence-electron chi connectivity index (χ2n) is 4.35. The summed E-state index contributed by atoms with van der Waals surface area (Å²) >= 11 is 5.05. The van der Waals surface area contributed by atoms with Gasteiger partial charge in [0.25, 0.3) is 0 Å². The molecule has 4 nitrogen and oxygen atoms in total. The molecule has 0 aromatic carbocycles. The maximum atomic E-state index is 11.9. The van der Waals surface area contributed by atoms with Gasteiger partial charge in [0.15, 0.2) is 9.84 Å². The highest BCUT2D eigenvalue weighted by Crippen LogP contribution is 2.28. The van der Waals surface area contributed by atoms with E-state index in [1.807, 2.05) is 17.9 Å². The zero-order valence-electron chi connectivity index (χ0n) is 10.3. The number of rotatable bonds is 2. The fraction of sp³-hybridized carbons (Fsp3) is 0.545. The van der Waals surface area contributed by atoms with Gasteiger partial charge in [0.1, 0.15) is 11.2 Å². The summed E-state index contributed by atoms with van der Waals surface area (Å²) in [5.74, 6) is 2.31. The van der Waals surface area contributed by atoms with Crippen LogP contribution < -0.4 is 4.90 Å². The molecule has 7 heteroatoms. The van der Waals surface area contributed by atoms with Crippen LogP contribution in [0.2, 0.25) is 0 Å². The van der Waals surface area contributed by atoms with Crippen molar-refractivity contribution in [2.45, 2.75) is 12.3 Å². The Morgan fingerprint density at radius 3 is 2.89 bits per heavy atom. The fourth-order valence-corrected chi connectivity index (χ4v) is 5.28. The monoisotopic (exact) mass is 350 g/mol. The molecule has 0 amide bonds. The lowest BCUT2D eigenvalue weighted by molar-refractivity contribution is 0.583. The lowest BCUT2D eigenvalue weighted by Gasteiger charge is -2.35. The van der Waals surface area contributed by atoms with Crippen molar-refractivity contribution >= 4 is 43.3 Å². The van der Waals surface area contributed by atoms with E-state index in [4.69, 9.17) is 0 Å². The fourth-order valence-electron chi connectivity index (χ4n) is 2.01. The number of halogens is 1. The van der Waals surface area contributed by atoms with E-state index in [0.29, 0.717) is 5.75 Å². The number of aryl methyl sites for hydroxylation is 1. The number of aromatic nitrogens is 1. The molecule has 0 N–H and O–H groups in total. The van der Waals surface area contributed by atoms with Crippen LogP contribution >= 0.6 is 27.7 Å². The van der Waals surface area contributed by atoms with Crippen LogP contribution in [0.5, 0.6) is 0 Å². The summed E-state index contributed by atoms with van der Waals surface area (Å²) in [5, 5.41) is -0.469. The molecule has 0 aliphatic carbocycles. The summed E-state index contributed by atoms with van der Waals surface area (Å²) in [4.78, 5) is 6.28. The maximum Gasteiger partial charge on any atom is 0.169 e. The zero-order valence-corrected chi connectivity index (χ0v) is 13.5. The van der Waals surface area contributed by atoms with Gasteiger partial charge in [-0.15, -0.1) is 0 Å². The van der Waals surface area contributed by atoms with Crippen LogP contribution in [0.4, 0.5) is 5.82 Å². The standard InChI is InChI=1S/C11H15BrN2O2S2/c1-8-5-9(12)6-13-11(8)14-3-4-17-7-10(14)18(2,15)16/h5-6,10H,3-4,7H2,1-2H3. The van der Waals surface area contributed by atoms with Gasteiger partial charge in [0.05, 0.1) is 0 Å². The van der Waals surface area contributed by atoms with Gasteiger partial charge in [-0.3, -0.25) is 0 Å². The number of thioether (sulfide) groups is 1. The summed E-state index contributed by atoms with van der Waals surface area (Å²) in [6, 6.07) is 1.96. The first kappa shape index (κ1) is 14.1. The molecule has 1 atom stereocenters. The van der Waals surface area contributed by atoms with E-state index in [-0.39, 0.29) is 0 Å². The van der Waals surface area contributed by atoms with E-state index in [2.05, 4.69) is 20.9 Å². The van der Waals surface area contributed by atoms with E-state index in [0.717, 1.165) is 28.2 Å². The Kier molecular flexibility index (Phi) is 4.23. The summed E-state index contributed by atoms with van der Waals surface area (Å²) < 4.78 is 24.6. The quantitative estimate of drug-likeness (QED) is 0.817. The molecule has 100 valence electrons. The molecule has 1 saturated heterocycles. The molecule has 1 aliphatic heterocycles. The third-order valence-corrected chi connectivity index (χ3v) is 5.95. The average Bonchev–Trinajstić information content (AvgIpc) is 2.28. The topological polar surface area (TPSA) is 50.3 Å². The van der Waals surface area contributed by atoms with Gasteiger partial charge in [-0.2, -0.15) is 11.8 Å². The van der Waals surface area contributed by atoms with Crippen LogP contribution in [-0.4, -0.2) is 43.1 Å². The van der Waals surface area contributed by atoms with E-state index < -0.39 is 15.2 Å². The Hall–Kier alpha value is -0.270. The molecule has 2 heterocycles. The molecule has 18 heavy (non-hydrogen) atoms. The molecule has 0 spiro atoms. The first-order chi connectivity index (χ1) is 8.39. The Morgan fingerprint density at radius 2 is 2.28 bits per heavy atom. The Balaban J connectivity index is 2.40. The highest BCUT2D eigenvalue weighted by Gasteiger charge is 2.32. The zero-order chi connectivity index (χ0) is 13.3. The highest BCUT2D eigenvalue weighted by atomic mass is 79.9. The molecule has 0 saturated carbocycles. The number of hydrogen-bond donors (Lipinski definition) is 0. The van der Waals surface area contributed by atoms with E-state index in [1.54, 1.807) is 18.0 Å². The molecule has 2 rings (SSSR count). The van der Waals surface area contributed by atoms with Crippen LogP contribution in [0.15, 0.2) is 16.7 Å². The molecule has 1 fully saturated rings. The van der Waals surface area contributed by atoms with Crippen molar-refractivity contribution in [3.8, 4) is 0 Å². The number of nitrogens with zero attached hydrogens (tertiary/aromatic N) is 2. The SMILES string of the molecule is Cc1cc(Br)cnc1N1CCSCC1S(C)(=O)=O. The van der Waals surface area contributed by atoms with Gasteiger partial charge in [-0.25, -0.2) is 13.4 Å². The van der Waals surface area contributed by atoms with Crippen LogP contribution in [0, 0.1) is 6.92 Å². The second-order valence-corrected chi connectivity index (χ2v) is 8.62. The Morgan fingerprint density at radius 1 is 1.56 bits per heavy atom. The molecule has 0 radical (unpaired) electrons. The number of pyridine rings is 1. The molecule has 1 unspecified atom stereocenters.